The Morgan fingerprint density at radius 1 is 1.43 bits per heavy atom. The van der Waals surface area contributed by atoms with Crippen molar-refractivity contribution >= 4 is 27.1 Å². The third-order valence-corrected chi connectivity index (χ3v) is 6.87. The number of nitrogens with one attached hydrogen (secondary N) is 1. The second-order valence-corrected chi connectivity index (χ2v) is 9.10. The molecule has 1 N–H and O–H groups in total. The Morgan fingerprint density at radius 3 is 2.79 bits per heavy atom. The van der Waals surface area contributed by atoms with Gasteiger partial charge in [-0.1, -0.05) is 12.1 Å². The fraction of sp³-hybridized carbons (Fsp3) is 0.444. The maximum atomic E-state index is 13.7. The summed E-state index contributed by atoms with van der Waals surface area (Å²) < 4.78 is 43.7. The Bertz CT molecular complexity index is 915. The van der Waals surface area contributed by atoms with Crippen molar-refractivity contribution in [3.8, 4) is 0 Å². The highest BCUT2D eigenvalue weighted by Crippen LogP contribution is 2.21. The van der Waals surface area contributed by atoms with Gasteiger partial charge in [0.25, 0.3) is 0 Å². The molecule has 0 saturated carbocycles. The molecule has 1 heterocycles. The third-order valence-electron chi connectivity index (χ3n) is 4.07. The maximum absolute atomic E-state index is 13.7. The van der Waals surface area contributed by atoms with Gasteiger partial charge >= 0.3 is 0 Å². The number of methoxy groups -OCH3 is 1. The first-order chi connectivity index (χ1) is 13.3. The molecular weight excluding hydrogens is 403 g/mol. The maximum Gasteiger partial charge on any atom is 0.193 e. The predicted octanol–water partition coefficient (Wildman–Crippen LogP) is 2.47. The molecule has 154 valence electrons. The van der Waals surface area contributed by atoms with Crippen molar-refractivity contribution < 1.29 is 17.5 Å². The molecule has 1 aromatic heterocycles. The molecule has 7 nitrogen and oxygen atoms in total. The summed E-state index contributed by atoms with van der Waals surface area (Å²) in [5.74, 6) is -0.459. The van der Waals surface area contributed by atoms with Crippen molar-refractivity contribution in [2.75, 3.05) is 33.5 Å². The van der Waals surface area contributed by atoms with E-state index < -0.39 is 15.7 Å². The van der Waals surface area contributed by atoms with E-state index in [1.807, 2.05) is 24.3 Å². The topological polar surface area (TPSA) is 83.9 Å². The number of thiazole rings is 1. The second kappa shape index (κ2) is 9.94. The van der Waals surface area contributed by atoms with Crippen LogP contribution in [0.2, 0.25) is 0 Å². The van der Waals surface area contributed by atoms with Gasteiger partial charge in [-0.05, 0) is 19.1 Å². The number of guanidine groups is 1. The minimum absolute atomic E-state index is 0.0647. The van der Waals surface area contributed by atoms with E-state index in [4.69, 9.17) is 4.74 Å². The summed E-state index contributed by atoms with van der Waals surface area (Å²) in [7, 11) is 1.36. The van der Waals surface area contributed by atoms with Gasteiger partial charge in [0.15, 0.2) is 15.8 Å². The Kier molecular flexibility index (Phi) is 7.90. The number of sulfone groups is 1. The van der Waals surface area contributed by atoms with E-state index >= 15 is 0 Å². The number of nitrogens with zero attached hydrogens (tertiary/aromatic N) is 3. The van der Waals surface area contributed by atoms with Crippen molar-refractivity contribution in [2.45, 2.75) is 24.5 Å². The molecule has 28 heavy (non-hydrogen) atoms. The highest BCUT2D eigenvalue weighted by atomic mass is 32.2. The number of aromatic nitrogens is 1. The van der Waals surface area contributed by atoms with Gasteiger partial charge in [-0.3, -0.25) is 4.99 Å². The van der Waals surface area contributed by atoms with E-state index in [1.165, 1.54) is 29.5 Å². The zero-order chi connectivity index (χ0) is 20.7. The van der Waals surface area contributed by atoms with Crippen molar-refractivity contribution in [3.63, 3.8) is 0 Å². The lowest BCUT2D eigenvalue weighted by molar-refractivity contribution is 0.119. The summed E-state index contributed by atoms with van der Waals surface area (Å²) >= 11 is 1.53. The van der Waals surface area contributed by atoms with Gasteiger partial charge in [0.05, 0.1) is 18.0 Å². The smallest absolute Gasteiger partial charge is 0.193 e. The standard InChI is InChI=1S/C18H25FN4O3S2/c1-13(26-4)17-22-14(12-27-17)11-23(3)18(20-2)21-9-10-28(24,25)16-8-6-5-7-15(16)19/h5-8,12-13H,9-11H2,1-4H3,(H,20,21). The molecule has 0 bridgehead atoms. The van der Waals surface area contributed by atoms with Crippen LogP contribution in [0.5, 0.6) is 0 Å². The monoisotopic (exact) mass is 428 g/mol. The van der Waals surface area contributed by atoms with Crippen LogP contribution in [0.15, 0.2) is 39.5 Å². The SMILES string of the molecule is CN=C(NCCS(=O)(=O)c1ccccc1F)N(C)Cc1csc(C(C)OC)n1. The summed E-state index contributed by atoms with van der Waals surface area (Å²) in [5.41, 5.74) is 0.869. The van der Waals surface area contributed by atoms with Crippen molar-refractivity contribution in [2.24, 2.45) is 4.99 Å². The summed E-state index contributed by atoms with van der Waals surface area (Å²) in [6, 6.07) is 5.37. The van der Waals surface area contributed by atoms with Gasteiger partial charge in [-0.2, -0.15) is 0 Å². The highest BCUT2D eigenvalue weighted by molar-refractivity contribution is 7.91. The van der Waals surface area contributed by atoms with Crippen LogP contribution in [0.4, 0.5) is 4.39 Å². The van der Waals surface area contributed by atoms with Crippen LogP contribution in [-0.4, -0.2) is 57.8 Å². The number of rotatable bonds is 8. The number of benzene rings is 1. The summed E-state index contributed by atoms with van der Waals surface area (Å²) in [4.78, 5) is 10.3. The van der Waals surface area contributed by atoms with E-state index in [1.54, 1.807) is 14.2 Å². The van der Waals surface area contributed by atoms with E-state index in [0.29, 0.717) is 12.5 Å². The first-order valence-electron chi connectivity index (χ1n) is 8.64. The van der Waals surface area contributed by atoms with E-state index in [0.717, 1.165) is 16.8 Å². The van der Waals surface area contributed by atoms with Crippen LogP contribution in [-0.2, 0) is 21.1 Å². The molecule has 0 aliphatic carbocycles. The van der Waals surface area contributed by atoms with E-state index in [-0.39, 0.29) is 23.3 Å². The average molecular weight is 429 g/mol. The van der Waals surface area contributed by atoms with Gasteiger partial charge in [-0.25, -0.2) is 17.8 Å². The van der Waals surface area contributed by atoms with Crippen LogP contribution < -0.4 is 5.32 Å². The first-order valence-corrected chi connectivity index (χ1v) is 11.2. The van der Waals surface area contributed by atoms with Gasteiger partial charge in [0.2, 0.25) is 0 Å². The molecule has 0 aliphatic rings. The molecule has 0 fully saturated rings. The molecule has 0 spiro atoms. The Morgan fingerprint density at radius 2 is 2.14 bits per heavy atom. The van der Waals surface area contributed by atoms with Gasteiger partial charge in [0, 0.05) is 33.1 Å². The van der Waals surface area contributed by atoms with Gasteiger partial charge < -0.3 is 15.0 Å². The molecule has 1 unspecified atom stereocenters. The largest absolute Gasteiger partial charge is 0.375 e. The van der Waals surface area contributed by atoms with E-state index in [9.17, 15) is 12.8 Å². The fourth-order valence-corrected chi connectivity index (χ4v) is 4.57. The average Bonchev–Trinajstić information content (AvgIpc) is 3.13. The molecule has 2 aromatic rings. The number of halogens is 1. The molecule has 1 aromatic carbocycles. The van der Waals surface area contributed by atoms with Crippen LogP contribution in [0.1, 0.15) is 23.7 Å². The highest BCUT2D eigenvalue weighted by Gasteiger charge is 2.19. The molecule has 0 saturated heterocycles. The number of hydrogen-bond donors (Lipinski definition) is 1. The van der Waals surface area contributed by atoms with Crippen molar-refractivity contribution in [3.05, 3.63) is 46.2 Å². The number of hydrogen-bond acceptors (Lipinski definition) is 6. The number of ether oxygens (including phenoxy) is 1. The zero-order valence-electron chi connectivity index (χ0n) is 16.3. The normalized spacial score (nSPS) is 13.4. The zero-order valence-corrected chi connectivity index (χ0v) is 18.0. The molecule has 0 radical (unpaired) electrons. The second-order valence-electron chi connectivity index (χ2n) is 6.13. The third kappa shape index (κ3) is 5.73. The summed E-state index contributed by atoms with van der Waals surface area (Å²) in [6.07, 6.45) is -0.0647. The lowest BCUT2D eigenvalue weighted by atomic mass is 10.3. The Balaban J connectivity index is 1.93. The van der Waals surface area contributed by atoms with Crippen molar-refractivity contribution in [1.29, 1.82) is 0 Å². The first kappa shape index (κ1) is 22.3. The van der Waals surface area contributed by atoms with Crippen LogP contribution >= 0.6 is 11.3 Å². The van der Waals surface area contributed by atoms with Crippen LogP contribution in [0, 0.1) is 5.82 Å². The Labute approximate surface area is 169 Å². The summed E-state index contributed by atoms with van der Waals surface area (Å²) in [5, 5.41) is 5.85. The Hall–Kier alpha value is -2.04. The fourth-order valence-electron chi connectivity index (χ4n) is 2.49. The lowest BCUT2D eigenvalue weighted by Crippen LogP contribution is -2.40. The molecule has 0 aliphatic heterocycles. The number of aliphatic imine (C=N–C) groups is 1. The molecular formula is C18H25FN4O3S2. The lowest BCUT2D eigenvalue weighted by Gasteiger charge is -2.21. The quantitative estimate of drug-likeness (QED) is 0.514. The van der Waals surface area contributed by atoms with Crippen molar-refractivity contribution in [1.82, 2.24) is 15.2 Å². The van der Waals surface area contributed by atoms with E-state index in [2.05, 4.69) is 15.3 Å². The molecule has 2 rings (SSSR count). The van der Waals surface area contributed by atoms with Gasteiger partial charge in [-0.15, -0.1) is 11.3 Å². The predicted molar refractivity (Wildman–Crippen MR) is 109 cm³/mol. The molecule has 1 atom stereocenters. The van der Waals surface area contributed by atoms with Crippen LogP contribution in [0.25, 0.3) is 0 Å². The van der Waals surface area contributed by atoms with Crippen LogP contribution in [0.3, 0.4) is 0 Å². The van der Waals surface area contributed by atoms with Gasteiger partial charge in [0.1, 0.15) is 21.8 Å². The molecule has 10 heteroatoms. The minimum Gasteiger partial charge on any atom is -0.375 e. The minimum atomic E-state index is -3.72. The summed E-state index contributed by atoms with van der Waals surface area (Å²) in [6.45, 7) is 2.55. The molecule has 0 amide bonds.